The number of carbonyl (C=O) groups is 1. The Kier molecular flexibility index (Phi) is 5.53. The predicted octanol–water partition coefficient (Wildman–Crippen LogP) is 2.27. The van der Waals surface area contributed by atoms with Crippen molar-refractivity contribution in [3.05, 3.63) is 59.8 Å². The summed E-state index contributed by atoms with van der Waals surface area (Å²) in [6, 6.07) is 13.0. The van der Waals surface area contributed by atoms with Gasteiger partial charge in [-0.1, -0.05) is 36.4 Å². The number of carbonyl (C=O) groups excluding carboxylic acids is 1. The third kappa shape index (κ3) is 4.23. The van der Waals surface area contributed by atoms with Gasteiger partial charge in [0.1, 0.15) is 6.54 Å². The Morgan fingerprint density at radius 3 is 2.50 bits per heavy atom. The molecule has 1 aliphatic heterocycles. The number of amides is 1. The third-order valence-corrected chi connectivity index (χ3v) is 6.10. The molecule has 0 aliphatic carbocycles. The Balaban J connectivity index is 1.81. The molecule has 0 saturated carbocycles. The molecule has 0 bridgehead atoms. The second-order valence-corrected chi connectivity index (χ2v) is 8.53. The molecular weight excluding hydrogens is 376 g/mol. The van der Waals surface area contributed by atoms with E-state index in [0.717, 1.165) is 20.6 Å². The topological polar surface area (TPSA) is 105 Å². The van der Waals surface area contributed by atoms with E-state index < -0.39 is 22.2 Å². The van der Waals surface area contributed by atoms with E-state index in [0.29, 0.717) is 11.4 Å². The fraction of sp³-hybridized carbons (Fsp3) is 0.300. The molecule has 2 aromatic carbocycles. The van der Waals surface area contributed by atoms with E-state index in [1.807, 2.05) is 42.5 Å². The molecule has 2 aromatic rings. The van der Waals surface area contributed by atoms with Crippen molar-refractivity contribution in [2.45, 2.75) is 32.9 Å². The standard InChI is InChI=1S/C20H24N4O3S/c1-13-10-14(2)24(28(26,27)23-13)12-19(25)22-20(15(3)21)18-9-8-16-6-4-5-7-17(16)11-18/h4-11,15,20H,12,21H2,1-3H3,(H,22,25). The Hall–Kier alpha value is -2.71. The second-order valence-electron chi connectivity index (χ2n) is 7.01. The molecule has 8 heteroatoms. The lowest BCUT2D eigenvalue weighted by Gasteiger charge is -2.27. The highest BCUT2D eigenvalue weighted by Crippen LogP contribution is 2.23. The van der Waals surface area contributed by atoms with Crippen LogP contribution in [0.5, 0.6) is 0 Å². The Morgan fingerprint density at radius 1 is 1.18 bits per heavy atom. The van der Waals surface area contributed by atoms with Gasteiger partial charge >= 0.3 is 10.2 Å². The highest BCUT2D eigenvalue weighted by atomic mass is 32.2. The summed E-state index contributed by atoms with van der Waals surface area (Å²) in [5.74, 6) is -0.443. The van der Waals surface area contributed by atoms with Crippen molar-refractivity contribution >= 4 is 32.6 Å². The van der Waals surface area contributed by atoms with E-state index in [2.05, 4.69) is 9.71 Å². The number of nitrogens with zero attached hydrogens (tertiary/aromatic N) is 2. The van der Waals surface area contributed by atoms with E-state index in [-0.39, 0.29) is 12.6 Å². The maximum atomic E-state index is 12.6. The lowest BCUT2D eigenvalue weighted by atomic mass is 9.97. The first kappa shape index (κ1) is 20.0. The monoisotopic (exact) mass is 400 g/mol. The van der Waals surface area contributed by atoms with Crippen molar-refractivity contribution in [3.63, 3.8) is 0 Å². The van der Waals surface area contributed by atoms with E-state index in [1.165, 1.54) is 0 Å². The summed E-state index contributed by atoms with van der Waals surface area (Å²) in [5, 5.41) is 5.00. The summed E-state index contributed by atoms with van der Waals surface area (Å²) in [6.07, 6.45) is 1.63. The van der Waals surface area contributed by atoms with Crippen LogP contribution in [0.15, 0.2) is 58.6 Å². The summed E-state index contributed by atoms with van der Waals surface area (Å²) in [6.45, 7) is 4.69. The van der Waals surface area contributed by atoms with Crippen molar-refractivity contribution < 1.29 is 13.2 Å². The van der Waals surface area contributed by atoms with Gasteiger partial charge in [0.15, 0.2) is 0 Å². The lowest BCUT2D eigenvalue weighted by Crippen LogP contribution is -2.45. The molecule has 0 radical (unpaired) electrons. The maximum Gasteiger partial charge on any atom is 0.345 e. The first-order valence-electron chi connectivity index (χ1n) is 8.98. The van der Waals surface area contributed by atoms with Crippen LogP contribution in [0, 0.1) is 0 Å². The molecule has 28 heavy (non-hydrogen) atoms. The predicted molar refractivity (Wildman–Crippen MR) is 111 cm³/mol. The summed E-state index contributed by atoms with van der Waals surface area (Å²) in [7, 11) is -3.91. The van der Waals surface area contributed by atoms with Gasteiger partial charge < -0.3 is 11.1 Å². The molecule has 3 N–H and O–H groups in total. The lowest BCUT2D eigenvalue weighted by molar-refractivity contribution is -0.122. The van der Waals surface area contributed by atoms with Crippen molar-refractivity contribution in [2.24, 2.45) is 10.1 Å². The molecule has 2 unspecified atom stereocenters. The minimum Gasteiger partial charge on any atom is -0.346 e. The SMILES string of the molecule is CC1=CC(C)=NS(=O)(=O)N1CC(=O)NC(c1ccc2ccccc2c1)C(C)N. The van der Waals surface area contributed by atoms with Crippen LogP contribution in [-0.2, 0) is 15.0 Å². The van der Waals surface area contributed by atoms with Crippen LogP contribution in [0.4, 0.5) is 0 Å². The first-order chi connectivity index (χ1) is 13.2. The second kappa shape index (κ2) is 7.73. The number of hydrogen-bond acceptors (Lipinski definition) is 4. The quantitative estimate of drug-likeness (QED) is 0.803. The number of fused-ring (bicyclic) bond motifs is 1. The maximum absolute atomic E-state index is 12.6. The van der Waals surface area contributed by atoms with Crippen LogP contribution in [0.2, 0.25) is 0 Å². The number of benzene rings is 2. The largest absolute Gasteiger partial charge is 0.346 e. The molecule has 148 valence electrons. The minimum atomic E-state index is -3.91. The van der Waals surface area contributed by atoms with Crippen molar-refractivity contribution in [3.8, 4) is 0 Å². The van der Waals surface area contributed by atoms with Crippen LogP contribution in [0.25, 0.3) is 10.8 Å². The smallest absolute Gasteiger partial charge is 0.345 e. The molecule has 3 rings (SSSR count). The zero-order valence-electron chi connectivity index (χ0n) is 16.1. The summed E-state index contributed by atoms with van der Waals surface area (Å²) in [4.78, 5) is 12.6. The van der Waals surface area contributed by atoms with E-state index in [1.54, 1.807) is 26.8 Å². The Morgan fingerprint density at radius 2 is 1.86 bits per heavy atom. The van der Waals surface area contributed by atoms with Crippen molar-refractivity contribution in [2.75, 3.05) is 6.54 Å². The molecule has 0 aromatic heterocycles. The zero-order chi connectivity index (χ0) is 20.5. The van der Waals surface area contributed by atoms with Gasteiger partial charge in [-0.25, -0.2) is 4.31 Å². The fourth-order valence-electron chi connectivity index (χ4n) is 3.29. The fourth-order valence-corrected chi connectivity index (χ4v) is 4.50. The normalized spacial score (nSPS) is 18.2. The van der Waals surface area contributed by atoms with Gasteiger partial charge in [-0.05, 0) is 49.2 Å². The zero-order valence-corrected chi connectivity index (χ0v) is 16.9. The van der Waals surface area contributed by atoms with Crippen LogP contribution < -0.4 is 11.1 Å². The van der Waals surface area contributed by atoms with Crippen LogP contribution >= 0.6 is 0 Å². The van der Waals surface area contributed by atoms with Crippen LogP contribution in [0.1, 0.15) is 32.4 Å². The molecule has 0 spiro atoms. The van der Waals surface area contributed by atoms with Crippen molar-refractivity contribution in [1.29, 1.82) is 0 Å². The number of allylic oxidation sites excluding steroid dienone is 2. The average molecular weight is 401 g/mol. The molecule has 1 heterocycles. The van der Waals surface area contributed by atoms with Crippen LogP contribution in [0.3, 0.4) is 0 Å². The molecule has 7 nitrogen and oxygen atoms in total. The number of nitrogens with two attached hydrogens (primary N) is 1. The van der Waals surface area contributed by atoms with Gasteiger partial charge in [0.25, 0.3) is 0 Å². The molecular formula is C20H24N4O3S. The molecule has 1 aliphatic rings. The summed E-state index contributed by atoms with van der Waals surface area (Å²) in [5.41, 5.74) is 7.82. The van der Waals surface area contributed by atoms with Gasteiger partial charge in [0, 0.05) is 11.7 Å². The molecule has 1 amide bonds. The Bertz CT molecular complexity index is 1070. The van der Waals surface area contributed by atoms with Gasteiger partial charge in [0.2, 0.25) is 5.91 Å². The first-order valence-corrected chi connectivity index (χ1v) is 10.4. The third-order valence-electron chi connectivity index (χ3n) is 4.61. The van der Waals surface area contributed by atoms with Crippen molar-refractivity contribution in [1.82, 2.24) is 9.62 Å². The summed E-state index contributed by atoms with van der Waals surface area (Å²) >= 11 is 0. The number of rotatable bonds is 5. The van der Waals surface area contributed by atoms with Gasteiger partial charge in [-0.15, -0.1) is 4.40 Å². The summed E-state index contributed by atoms with van der Waals surface area (Å²) < 4.78 is 29.2. The highest BCUT2D eigenvalue weighted by Gasteiger charge is 2.29. The van der Waals surface area contributed by atoms with E-state index in [9.17, 15) is 13.2 Å². The molecule has 0 saturated heterocycles. The highest BCUT2D eigenvalue weighted by molar-refractivity contribution is 7.88. The van der Waals surface area contributed by atoms with Crippen LogP contribution in [-0.4, -0.2) is 36.9 Å². The molecule has 2 atom stereocenters. The van der Waals surface area contributed by atoms with Gasteiger partial charge in [0.05, 0.1) is 11.8 Å². The number of nitrogens with one attached hydrogen (secondary N) is 1. The Labute approximate surface area is 165 Å². The van der Waals surface area contributed by atoms with Gasteiger partial charge in [-0.3, -0.25) is 4.79 Å². The van der Waals surface area contributed by atoms with E-state index in [4.69, 9.17) is 5.73 Å². The molecule has 0 fully saturated rings. The number of hydrogen-bond donors (Lipinski definition) is 2. The van der Waals surface area contributed by atoms with E-state index >= 15 is 0 Å². The van der Waals surface area contributed by atoms with Gasteiger partial charge in [-0.2, -0.15) is 8.42 Å². The minimum absolute atomic E-state index is 0.349. The average Bonchev–Trinajstić information content (AvgIpc) is 2.61.